The number of carboxylic acids is 1. The van der Waals surface area contributed by atoms with Gasteiger partial charge in [-0.2, -0.15) is 0 Å². The van der Waals surface area contributed by atoms with Crippen molar-refractivity contribution in [2.45, 2.75) is 30.2 Å². The van der Waals surface area contributed by atoms with Gasteiger partial charge in [-0.1, -0.05) is 18.0 Å². The van der Waals surface area contributed by atoms with E-state index in [1.54, 1.807) is 0 Å². The van der Waals surface area contributed by atoms with Crippen LogP contribution in [0.15, 0.2) is 23.1 Å². The molecule has 5 nitrogen and oxygen atoms in total. The SMILES string of the molecule is O=C(O)C1CCCC1NS(=O)(=O)c1ccc(F)c(Cl)c1. The van der Waals surface area contributed by atoms with Gasteiger partial charge in [0.1, 0.15) is 5.82 Å². The van der Waals surface area contributed by atoms with Gasteiger partial charge in [0.15, 0.2) is 0 Å². The fourth-order valence-electron chi connectivity index (χ4n) is 2.31. The van der Waals surface area contributed by atoms with Crippen LogP contribution in [0.3, 0.4) is 0 Å². The smallest absolute Gasteiger partial charge is 0.308 e. The average molecular weight is 322 g/mol. The molecule has 2 N–H and O–H groups in total. The molecule has 2 rings (SSSR count). The Hall–Kier alpha value is -1.18. The van der Waals surface area contributed by atoms with Gasteiger partial charge >= 0.3 is 5.97 Å². The van der Waals surface area contributed by atoms with Gasteiger partial charge in [-0.25, -0.2) is 17.5 Å². The predicted molar refractivity (Wildman–Crippen MR) is 70.5 cm³/mol. The van der Waals surface area contributed by atoms with Crippen LogP contribution < -0.4 is 4.72 Å². The first-order valence-corrected chi connectivity index (χ1v) is 7.87. The van der Waals surface area contributed by atoms with Crippen molar-refractivity contribution in [3.8, 4) is 0 Å². The summed E-state index contributed by atoms with van der Waals surface area (Å²) in [6.45, 7) is 0. The molecule has 0 heterocycles. The quantitative estimate of drug-likeness (QED) is 0.888. The highest BCUT2D eigenvalue weighted by atomic mass is 35.5. The molecule has 1 fully saturated rings. The maximum absolute atomic E-state index is 13.0. The standard InChI is InChI=1S/C12H13ClFNO4S/c13-9-6-7(4-5-10(9)14)20(18,19)15-11-3-1-2-8(11)12(16)17/h4-6,8,11,15H,1-3H2,(H,16,17). The van der Waals surface area contributed by atoms with Crippen molar-refractivity contribution in [1.29, 1.82) is 0 Å². The first-order chi connectivity index (χ1) is 9.31. The molecule has 0 amide bonds. The highest BCUT2D eigenvalue weighted by molar-refractivity contribution is 7.89. The van der Waals surface area contributed by atoms with Crippen molar-refractivity contribution in [1.82, 2.24) is 4.72 Å². The average Bonchev–Trinajstić information content (AvgIpc) is 2.80. The Morgan fingerprint density at radius 2 is 2.10 bits per heavy atom. The summed E-state index contributed by atoms with van der Waals surface area (Å²) in [5.41, 5.74) is 0. The van der Waals surface area contributed by atoms with Crippen LogP contribution in [-0.4, -0.2) is 25.5 Å². The number of carboxylic acid groups (broad SMARTS) is 1. The molecule has 20 heavy (non-hydrogen) atoms. The number of nitrogens with one attached hydrogen (secondary N) is 1. The third-order valence-electron chi connectivity index (χ3n) is 3.34. The molecule has 110 valence electrons. The molecule has 1 aliphatic rings. The van der Waals surface area contributed by atoms with Crippen LogP contribution >= 0.6 is 11.6 Å². The lowest BCUT2D eigenvalue weighted by molar-refractivity contribution is -0.141. The van der Waals surface area contributed by atoms with Crippen molar-refractivity contribution in [2.24, 2.45) is 5.92 Å². The van der Waals surface area contributed by atoms with Crippen molar-refractivity contribution >= 4 is 27.6 Å². The van der Waals surface area contributed by atoms with Crippen LogP contribution in [0.2, 0.25) is 5.02 Å². The first-order valence-electron chi connectivity index (χ1n) is 6.01. The van der Waals surface area contributed by atoms with E-state index in [9.17, 15) is 17.6 Å². The Balaban J connectivity index is 2.22. The summed E-state index contributed by atoms with van der Waals surface area (Å²) in [6.07, 6.45) is 1.55. The fraction of sp³-hybridized carbons (Fsp3) is 0.417. The molecule has 0 saturated heterocycles. The fourth-order valence-corrected chi connectivity index (χ4v) is 3.89. The number of aliphatic carboxylic acids is 1. The highest BCUT2D eigenvalue weighted by Gasteiger charge is 2.35. The number of rotatable bonds is 4. The van der Waals surface area contributed by atoms with E-state index >= 15 is 0 Å². The Morgan fingerprint density at radius 1 is 1.40 bits per heavy atom. The maximum atomic E-state index is 13.0. The zero-order valence-corrected chi connectivity index (χ0v) is 11.9. The second kappa shape index (κ2) is 5.67. The highest BCUT2D eigenvalue weighted by Crippen LogP contribution is 2.28. The van der Waals surface area contributed by atoms with Gasteiger partial charge in [-0.15, -0.1) is 0 Å². The third kappa shape index (κ3) is 3.11. The minimum atomic E-state index is -3.91. The van der Waals surface area contributed by atoms with Gasteiger partial charge in [0.2, 0.25) is 10.0 Å². The number of hydrogen-bond acceptors (Lipinski definition) is 3. The molecule has 8 heteroatoms. The summed E-state index contributed by atoms with van der Waals surface area (Å²) in [4.78, 5) is 10.8. The van der Waals surface area contributed by atoms with Crippen molar-refractivity contribution in [3.05, 3.63) is 29.0 Å². The monoisotopic (exact) mass is 321 g/mol. The molecule has 2 atom stereocenters. The number of benzene rings is 1. The maximum Gasteiger partial charge on any atom is 0.308 e. The van der Waals surface area contributed by atoms with Gasteiger partial charge in [-0.3, -0.25) is 4.79 Å². The summed E-state index contributed by atoms with van der Waals surface area (Å²) < 4.78 is 39.7. The number of sulfonamides is 1. The van der Waals surface area contributed by atoms with E-state index in [0.29, 0.717) is 19.3 Å². The van der Waals surface area contributed by atoms with E-state index in [1.165, 1.54) is 0 Å². The molecule has 2 unspecified atom stereocenters. The van der Waals surface area contributed by atoms with E-state index in [4.69, 9.17) is 16.7 Å². The lowest BCUT2D eigenvalue weighted by Gasteiger charge is -2.17. The van der Waals surface area contributed by atoms with Crippen molar-refractivity contribution in [3.63, 3.8) is 0 Å². The van der Waals surface area contributed by atoms with Crippen LogP contribution in [0, 0.1) is 11.7 Å². The molecule has 0 spiro atoms. The van der Waals surface area contributed by atoms with Gasteiger partial charge in [0.05, 0.1) is 15.8 Å². The van der Waals surface area contributed by atoms with Crippen LogP contribution in [-0.2, 0) is 14.8 Å². The molecular weight excluding hydrogens is 309 g/mol. The Bertz CT molecular complexity index is 634. The van der Waals surface area contributed by atoms with E-state index in [1.807, 2.05) is 0 Å². The Morgan fingerprint density at radius 3 is 2.70 bits per heavy atom. The third-order valence-corrected chi connectivity index (χ3v) is 5.12. The number of carbonyl (C=O) groups is 1. The molecule has 0 aliphatic heterocycles. The molecule has 1 aromatic rings. The van der Waals surface area contributed by atoms with Gasteiger partial charge in [0, 0.05) is 6.04 Å². The van der Waals surface area contributed by atoms with E-state index in [-0.39, 0.29) is 9.92 Å². The second-order valence-electron chi connectivity index (χ2n) is 4.68. The summed E-state index contributed by atoms with van der Waals surface area (Å²) >= 11 is 5.55. The van der Waals surface area contributed by atoms with Gasteiger partial charge in [0.25, 0.3) is 0 Å². The summed E-state index contributed by atoms with van der Waals surface area (Å²) in [6, 6.07) is 2.40. The molecule has 0 bridgehead atoms. The topological polar surface area (TPSA) is 83.5 Å². The van der Waals surface area contributed by atoms with Crippen LogP contribution in [0.1, 0.15) is 19.3 Å². The minimum absolute atomic E-state index is 0.181. The summed E-state index contributed by atoms with van der Waals surface area (Å²) in [7, 11) is -3.91. The van der Waals surface area contributed by atoms with Crippen molar-refractivity contribution < 1.29 is 22.7 Å². The second-order valence-corrected chi connectivity index (χ2v) is 6.80. The lowest BCUT2D eigenvalue weighted by atomic mass is 10.1. The predicted octanol–water partition coefficient (Wildman–Crippen LogP) is 2.01. The normalized spacial score (nSPS) is 22.9. The van der Waals surface area contributed by atoms with E-state index < -0.39 is 33.8 Å². The molecular formula is C12H13ClFNO4S. The molecule has 1 aromatic carbocycles. The number of halogens is 2. The van der Waals surface area contributed by atoms with E-state index in [0.717, 1.165) is 18.2 Å². The molecule has 0 radical (unpaired) electrons. The summed E-state index contributed by atoms with van der Waals surface area (Å²) in [5, 5.41) is 8.73. The Labute approximate surface area is 120 Å². The number of hydrogen-bond donors (Lipinski definition) is 2. The van der Waals surface area contributed by atoms with Crippen LogP contribution in [0.4, 0.5) is 4.39 Å². The lowest BCUT2D eigenvalue weighted by Crippen LogP contribution is -2.40. The molecule has 1 aliphatic carbocycles. The van der Waals surface area contributed by atoms with Crippen molar-refractivity contribution in [2.75, 3.05) is 0 Å². The zero-order valence-electron chi connectivity index (χ0n) is 10.3. The van der Waals surface area contributed by atoms with Gasteiger partial charge < -0.3 is 5.11 Å². The Kier molecular flexibility index (Phi) is 4.31. The van der Waals surface area contributed by atoms with Gasteiger partial charge in [-0.05, 0) is 31.0 Å². The van der Waals surface area contributed by atoms with Crippen LogP contribution in [0.25, 0.3) is 0 Å². The largest absolute Gasteiger partial charge is 0.481 e. The minimum Gasteiger partial charge on any atom is -0.481 e. The van der Waals surface area contributed by atoms with E-state index in [2.05, 4.69) is 4.72 Å². The summed E-state index contributed by atoms with van der Waals surface area (Å²) in [5.74, 6) is -2.47. The first kappa shape index (κ1) is 15.2. The van der Waals surface area contributed by atoms with Crippen LogP contribution in [0.5, 0.6) is 0 Å². The zero-order chi connectivity index (χ0) is 14.9. The molecule has 1 saturated carbocycles. The molecule has 0 aromatic heterocycles.